The molecule has 122 valence electrons. The van der Waals surface area contributed by atoms with E-state index in [1.54, 1.807) is 30.5 Å². The number of nitro groups is 1. The second kappa shape index (κ2) is 6.63. The average Bonchev–Trinajstić information content (AvgIpc) is 2.55. The number of carbonyl (C=O) groups excluding carboxylic acids is 1. The van der Waals surface area contributed by atoms with Crippen molar-refractivity contribution in [3.05, 3.63) is 70.0 Å². The van der Waals surface area contributed by atoms with E-state index in [1.165, 1.54) is 6.20 Å². The molecule has 0 bridgehead atoms. The van der Waals surface area contributed by atoms with Crippen LogP contribution in [0.25, 0.3) is 10.8 Å². The minimum atomic E-state index is -0.873. The number of pyridine rings is 1. The first-order valence-corrected chi connectivity index (χ1v) is 6.57. The molecule has 1 heterocycles. The maximum Gasteiger partial charge on any atom is 0.315 e. The molecule has 0 atom stereocenters. The van der Waals surface area contributed by atoms with Crippen molar-refractivity contribution in [2.24, 2.45) is 0 Å². The molecule has 0 spiro atoms. The molecule has 8 heteroatoms. The van der Waals surface area contributed by atoms with Gasteiger partial charge in [0.2, 0.25) is 5.75 Å². The molecule has 0 aliphatic heterocycles. The van der Waals surface area contributed by atoms with Gasteiger partial charge in [0, 0.05) is 35.0 Å². The van der Waals surface area contributed by atoms with Gasteiger partial charge in [-0.1, -0.05) is 24.3 Å². The highest BCUT2D eigenvalue weighted by atomic mass is 79.9. The Morgan fingerprint density at radius 3 is 2.54 bits per heavy atom. The lowest BCUT2D eigenvalue weighted by Crippen LogP contribution is -2.04. The summed E-state index contributed by atoms with van der Waals surface area (Å²) in [6, 6.07) is 9.01. The molecule has 0 aliphatic rings. The molecule has 2 aromatic carbocycles. The molecule has 0 fully saturated rings. The third-order valence-corrected chi connectivity index (χ3v) is 3.44. The Balaban J connectivity index is 0.00000208. The second-order valence-electron chi connectivity index (χ2n) is 4.86. The summed E-state index contributed by atoms with van der Waals surface area (Å²) in [5.41, 5.74) is -0.589. The first-order valence-electron chi connectivity index (χ1n) is 6.57. The first kappa shape index (κ1) is 17.4. The van der Waals surface area contributed by atoms with Crippen LogP contribution in [0.2, 0.25) is 0 Å². The number of nitro benzene ring substituents is 1. The number of phenolic OH excluding ortho intramolecular Hbond substituents is 2. The lowest BCUT2D eigenvalue weighted by Gasteiger charge is -2.07. The van der Waals surface area contributed by atoms with Crippen LogP contribution in [0.4, 0.5) is 5.69 Å². The Labute approximate surface area is 146 Å². The molecule has 0 aliphatic carbocycles. The minimum Gasteiger partial charge on any atom is -0.504 e. The highest BCUT2D eigenvalue weighted by molar-refractivity contribution is 8.93. The highest BCUT2D eigenvalue weighted by Crippen LogP contribution is 2.37. The molecule has 1 aromatic heterocycles. The first-order chi connectivity index (χ1) is 11.0. The zero-order valence-corrected chi connectivity index (χ0v) is 13.8. The average molecular weight is 391 g/mol. The van der Waals surface area contributed by atoms with E-state index in [-0.39, 0.29) is 28.1 Å². The van der Waals surface area contributed by atoms with Gasteiger partial charge in [-0.3, -0.25) is 19.9 Å². The molecule has 24 heavy (non-hydrogen) atoms. The quantitative estimate of drug-likeness (QED) is 0.306. The summed E-state index contributed by atoms with van der Waals surface area (Å²) in [5.74, 6) is -2.13. The number of hydrogen-bond donors (Lipinski definition) is 2. The van der Waals surface area contributed by atoms with Crippen molar-refractivity contribution < 1.29 is 19.9 Å². The number of carbonyl (C=O) groups is 1. The molecule has 2 N–H and O–H groups in total. The lowest BCUT2D eigenvalue weighted by atomic mass is 9.99. The maximum absolute atomic E-state index is 12.6. The Hall–Kier alpha value is -3.00. The van der Waals surface area contributed by atoms with E-state index < -0.39 is 27.9 Å². The van der Waals surface area contributed by atoms with E-state index in [2.05, 4.69) is 4.98 Å². The fraction of sp³-hybridized carbons (Fsp3) is 0. The zero-order valence-electron chi connectivity index (χ0n) is 12.0. The van der Waals surface area contributed by atoms with E-state index in [0.717, 1.165) is 17.5 Å². The SMILES string of the molecule is Br.O=C(c1cc(O)c(O)c([N+](=O)[O-])c1)c1cncc2ccccc12. The molecule has 7 nitrogen and oxygen atoms in total. The number of benzene rings is 2. The van der Waals surface area contributed by atoms with Crippen LogP contribution in [-0.2, 0) is 0 Å². The third-order valence-electron chi connectivity index (χ3n) is 3.44. The second-order valence-corrected chi connectivity index (χ2v) is 4.86. The van der Waals surface area contributed by atoms with E-state index >= 15 is 0 Å². The number of ketones is 1. The number of aromatic nitrogens is 1. The Morgan fingerprint density at radius 2 is 1.83 bits per heavy atom. The molecule has 0 saturated heterocycles. The van der Waals surface area contributed by atoms with Gasteiger partial charge in [0.25, 0.3) is 0 Å². The summed E-state index contributed by atoms with van der Waals surface area (Å²) in [6.07, 6.45) is 2.96. The van der Waals surface area contributed by atoms with Crippen LogP contribution in [0, 0.1) is 10.1 Å². The normalized spacial score (nSPS) is 10.2. The number of halogens is 1. The van der Waals surface area contributed by atoms with Crippen molar-refractivity contribution in [2.75, 3.05) is 0 Å². The van der Waals surface area contributed by atoms with Gasteiger partial charge < -0.3 is 10.2 Å². The summed E-state index contributed by atoms with van der Waals surface area (Å²) in [5, 5.41) is 31.4. The van der Waals surface area contributed by atoms with E-state index in [9.17, 15) is 25.1 Å². The third kappa shape index (κ3) is 2.91. The lowest BCUT2D eigenvalue weighted by molar-refractivity contribution is -0.386. The monoisotopic (exact) mass is 390 g/mol. The number of aromatic hydroxyl groups is 2. The number of nitrogens with zero attached hydrogens (tertiary/aromatic N) is 2. The predicted octanol–water partition coefficient (Wildman–Crippen LogP) is 3.36. The summed E-state index contributed by atoms with van der Waals surface area (Å²) >= 11 is 0. The summed E-state index contributed by atoms with van der Waals surface area (Å²) in [7, 11) is 0. The highest BCUT2D eigenvalue weighted by Gasteiger charge is 2.23. The van der Waals surface area contributed by atoms with Gasteiger partial charge in [0.15, 0.2) is 11.5 Å². The van der Waals surface area contributed by atoms with Crippen molar-refractivity contribution in [2.45, 2.75) is 0 Å². The van der Waals surface area contributed by atoms with Crippen LogP contribution in [0.3, 0.4) is 0 Å². The van der Waals surface area contributed by atoms with Gasteiger partial charge in [-0.15, -0.1) is 17.0 Å². The van der Waals surface area contributed by atoms with E-state index in [0.29, 0.717) is 5.39 Å². The Kier molecular flexibility index (Phi) is 4.79. The Morgan fingerprint density at radius 1 is 1.12 bits per heavy atom. The van der Waals surface area contributed by atoms with Crippen molar-refractivity contribution in [3.8, 4) is 11.5 Å². The van der Waals surface area contributed by atoms with Gasteiger partial charge in [-0.25, -0.2) is 0 Å². The predicted molar refractivity (Wildman–Crippen MR) is 91.9 cm³/mol. The maximum atomic E-state index is 12.6. The van der Waals surface area contributed by atoms with Gasteiger partial charge in [0.1, 0.15) is 0 Å². The molecular formula is C16H11BrN2O5. The number of hydrogen-bond acceptors (Lipinski definition) is 6. The van der Waals surface area contributed by atoms with Crippen LogP contribution < -0.4 is 0 Å². The van der Waals surface area contributed by atoms with Gasteiger partial charge >= 0.3 is 5.69 Å². The van der Waals surface area contributed by atoms with Crippen LogP contribution >= 0.6 is 17.0 Å². The molecule has 0 radical (unpaired) electrons. The van der Waals surface area contributed by atoms with Gasteiger partial charge in [-0.05, 0) is 11.5 Å². The molecule has 3 aromatic rings. The smallest absolute Gasteiger partial charge is 0.315 e. The fourth-order valence-corrected chi connectivity index (χ4v) is 2.33. The summed E-state index contributed by atoms with van der Waals surface area (Å²) < 4.78 is 0. The molecule has 0 unspecified atom stereocenters. The largest absolute Gasteiger partial charge is 0.504 e. The van der Waals surface area contributed by atoms with Crippen molar-refractivity contribution in [1.82, 2.24) is 4.98 Å². The topological polar surface area (TPSA) is 114 Å². The molecule has 3 rings (SSSR count). The van der Waals surface area contributed by atoms with Crippen LogP contribution in [-0.4, -0.2) is 25.9 Å². The van der Waals surface area contributed by atoms with E-state index in [4.69, 9.17) is 0 Å². The van der Waals surface area contributed by atoms with Crippen LogP contribution in [0.15, 0.2) is 48.8 Å². The van der Waals surface area contributed by atoms with Crippen LogP contribution in [0.5, 0.6) is 11.5 Å². The minimum absolute atomic E-state index is 0. The number of fused-ring (bicyclic) bond motifs is 1. The van der Waals surface area contributed by atoms with Gasteiger partial charge in [0.05, 0.1) is 4.92 Å². The van der Waals surface area contributed by atoms with Crippen molar-refractivity contribution >= 4 is 39.2 Å². The van der Waals surface area contributed by atoms with Crippen LogP contribution in [0.1, 0.15) is 15.9 Å². The summed E-state index contributed by atoms with van der Waals surface area (Å²) in [4.78, 5) is 26.7. The number of rotatable bonds is 3. The standard InChI is InChI=1S/C16H10N2O5.BrH/c19-14-6-10(5-13(16(14)21)18(22)23)15(20)12-8-17-7-9-3-1-2-4-11(9)12;/h1-8,19,21H;1H. The Bertz CT molecular complexity index is 953. The molecular weight excluding hydrogens is 380 g/mol. The van der Waals surface area contributed by atoms with Crippen molar-refractivity contribution in [3.63, 3.8) is 0 Å². The fourth-order valence-electron chi connectivity index (χ4n) is 2.33. The van der Waals surface area contributed by atoms with Crippen molar-refractivity contribution in [1.29, 1.82) is 0 Å². The molecule has 0 saturated carbocycles. The van der Waals surface area contributed by atoms with Gasteiger partial charge in [-0.2, -0.15) is 0 Å². The van der Waals surface area contributed by atoms with E-state index in [1.807, 2.05) is 0 Å². The summed E-state index contributed by atoms with van der Waals surface area (Å²) in [6.45, 7) is 0. The molecule has 0 amide bonds. The zero-order chi connectivity index (χ0) is 16.6. The number of phenols is 2.